The van der Waals surface area contributed by atoms with E-state index < -0.39 is 5.60 Å². The van der Waals surface area contributed by atoms with E-state index in [4.69, 9.17) is 14.6 Å². The summed E-state index contributed by atoms with van der Waals surface area (Å²) < 4.78 is 9.58. The van der Waals surface area contributed by atoms with Crippen molar-refractivity contribution in [2.45, 2.75) is 31.8 Å². The fourth-order valence-corrected chi connectivity index (χ4v) is 1.27. The van der Waals surface area contributed by atoms with Gasteiger partial charge in [0.15, 0.2) is 0 Å². The summed E-state index contributed by atoms with van der Waals surface area (Å²) in [6, 6.07) is 0. The molecule has 0 aromatic heterocycles. The second-order valence-corrected chi connectivity index (χ2v) is 3.60. The number of hydrogen-bond acceptors (Lipinski definition) is 5. The van der Waals surface area contributed by atoms with Gasteiger partial charge in [0.1, 0.15) is 12.2 Å². The summed E-state index contributed by atoms with van der Waals surface area (Å²) in [5.41, 5.74) is -1.21. The molecular weight excluding hydrogens is 200 g/mol. The lowest BCUT2D eigenvalue weighted by Crippen LogP contribution is -2.30. The van der Waals surface area contributed by atoms with Crippen LogP contribution < -0.4 is 0 Å². The number of aliphatic hydroxyl groups is 2. The third-order valence-corrected chi connectivity index (χ3v) is 2.11. The van der Waals surface area contributed by atoms with Gasteiger partial charge < -0.3 is 19.7 Å². The van der Waals surface area contributed by atoms with Crippen LogP contribution in [0.25, 0.3) is 0 Å². The average Bonchev–Trinajstić information content (AvgIpc) is 2.47. The van der Waals surface area contributed by atoms with E-state index in [0.29, 0.717) is 6.42 Å². The van der Waals surface area contributed by atoms with E-state index in [0.717, 1.165) is 6.42 Å². The lowest BCUT2D eigenvalue weighted by molar-refractivity contribution is -0.145. The molecule has 15 heavy (non-hydrogen) atoms. The van der Waals surface area contributed by atoms with E-state index in [-0.39, 0.29) is 31.5 Å². The highest BCUT2D eigenvalue weighted by atomic mass is 16.6. The maximum Gasteiger partial charge on any atom is 0.305 e. The maximum absolute atomic E-state index is 11.0. The van der Waals surface area contributed by atoms with Crippen LogP contribution in [0.3, 0.4) is 0 Å². The van der Waals surface area contributed by atoms with E-state index in [9.17, 15) is 9.90 Å². The number of carbonyl (C=O) groups is 1. The van der Waals surface area contributed by atoms with E-state index in [1.807, 2.05) is 6.92 Å². The number of aliphatic hydroxyl groups excluding tert-OH is 1. The zero-order chi connectivity index (χ0) is 11.3. The molecule has 0 saturated carbocycles. The molecule has 86 valence electrons. The van der Waals surface area contributed by atoms with Crippen molar-refractivity contribution in [1.82, 2.24) is 0 Å². The highest BCUT2D eigenvalue weighted by Gasteiger charge is 2.32. The normalized spacial score (nSPS) is 24.5. The number of ether oxygens (including phenoxy) is 2. The van der Waals surface area contributed by atoms with Crippen LogP contribution in [-0.4, -0.2) is 35.0 Å². The third-order valence-electron chi connectivity index (χ3n) is 2.11. The summed E-state index contributed by atoms with van der Waals surface area (Å²) in [5.74, 6) is -0.550. The zero-order valence-electron chi connectivity index (χ0n) is 8.73. The molecule has 0 aliphatic carbocycles. The van der Waals surface area contributed by atoms with Gasteiger partial charge in [0, 0.05) is 18.9 Å². The highest BCUT2D eigenvalue weighted by molar-refractivity contribution is 5.69. The van der Waals surface area contributed by atoms with Gasteiger partial charge in [-0.05, 0) is 6.42 Å². The van der Waals surface area contributed by atoms with Gasteiger partial charge in [0.05, 0.1) is 6.61 Å². The average molecular weight is 216 g/mol. The van der Waals surface area contributed by atoms with E-state index in [1.54, 1.807) is 0 Å². The Morgan fingerprint density at radius 2 is 2.47 bits per heavy atom. The third kappa shape index (κ3) is 3.79. The first-order valence-electron chi connectivity index (χ1n) is 4.98. The first-order valence-corrected chi connectivity index (χ1v) is 4.98. The summed E-state index contributed by atoms with van der Waals surface area (Å²) in [6.45, 7) is 2.02. The smallest absolute Gasteiger partial charge is 0.305 e. The number of rotatable bonds is 5. The van der Waals surface area contributed by atoms with Gasteiger partial charge in [0.2, 0.25) is 0 Å². The molecule has 0 bridgehead atoms. The zero-order valence-corrected chi connectivity index (χ0v) is 8.73. The minimum atomic E-state index is -1.21. The van der Waals surface area contributed by atoms with Crippen LogP contribution in [0.1, 0.15) is 26.2 Å². The molecule has 0 aromatic rings. The predicted molar refractivity (Wildman–Crippen MR) is 52.1 cm³/mol. The molecule has 1 atom stereocenters. The van der Waals surface area contributed by atoms with Crippen molar-refractivity contribution >= 4 is 5.97 Å². The van der Waals surface area contributed by atoms with Crippen molar-refractivity contribution in [2.75, 3.05) is 13.2 Å². The molecule has 1 rings (SSSR count). The first kappa shape index (κ1) is 11.8. The van der Waals surface area contributed by atoms with Gasteiger partial charge in [-0.15, -0.1) is 0 Å². The van der Waals surface area contributed by atoms with Gasteiger partial charge in [-0.25, -0.2) is 0 Å². The second kappa shape index (κ2) is 5.02. The Morgan fingerprint density at radius 1 is 1.73 bits per heavy atom. The molecule has 1 aliphatic heterocycles. The lowest BCUT2D eigenvalue weighted by Gasteiger charge is -2.17. The van der Waals surface area contributed by atoms with E-state index in [1.165, 1.54) is 6.08 Å². The van der Waals surface area contributed by atoms with E-state index >= 15 is 0 Å². The number of carbonyl (C=O) groups excluding carboxylic acids is 1. The Hall–Kier alpha value is -1.23. The molecule has 0 spiro atoms. The largest absolute Gasteiger partial charge is 0.481 e. The Balaban J connectivity index is 2.23. The number of hydrogen-bond donors (Lipinski definition) is 2. The molecule has 5 heteroatoms. The van der Waals surface area contributed by atoms with Gasteiger partial charge >= 0.3 is 5.97 Å². The fraction of sp³-hybridized carbons (Fsp3) is 0.700. The van der Waals surface area contributed by atoms with Crippen LogP contribution in [-0.2, 0) is 14.3 Å². The number of esters is 1. The monoisotopic (exact) mass is 216 g/mol. The molecule has 1 unspecified atom stereocenters. The second-order valence-electron chi connectivity index (χ2n) is 3.60. The molecule has 0 radical (unpaired) electrons. The fourth-order valence-electron chi connectivity index (χ4n) is 1.27. The van der Waals surface area contributed by atoms with Gasteiger partial charge in [0.25, 0.3) is 5.95 Å². The van der Waals surface area contributed by atoms with Crippen LogP contribution >= 0.6 is 0 Å². The summed E-state index contributed by atoms with van der Waals surface area (Å²) in [5, 5.41) is 18.7. The molecular formula is C10H16O5. The summed E-state index contributed by atoms with van der Waals surface area (Å²) in [4.78, 5) is 11.0. The SMILES string of the molecule is CCCC(=O)OCCC1(O)C=C(O)OC1. The Morgan fingerprint density at radius 3 is 3.00 bits per heavy atom. The van der Waals surface area contributed by atoms with Crippen LogP contribution in [0.4, 0.5) is 0 Å². The minimum absolute atomic E-state index is 0.00413. The summed E-state index contributed by atoms with van der Waals surface area (Å²) in [7, 11) is 0. The summed E-state index contributed by atoms with van der Waals surface area (Å²) in [6.07, 6.45) is 2.58. The Labute approximate surface area is 88.3 Å². The molecule has 2 N–H and O–H groups in total. The molecule has 1 aliphatic rings. The first-order chi connectivity index (χ1) is 7.06. The molecule has 0 saturated heterocycles. The summed E-state index contributed by atoms with van der Waals surface area (Å²) >= 11 is 0. The molecule has 0 aromatic carbocycles. The van der Waals surface area contributed by atoms with Crippen LogP contribution in [0.5, 0.6) is 0 Å². The molecule has 0 fully saturated rings. The van der Waals surface area contributed by atoms with Crippen LogP contribution in [0.2, 0.25) is 0 Å². The van der Waals surface area contributed by atoms with E-state index in [2.05, 4.69) is 0 Å². The minimum Gasteiger partial charge on any atom is -0.481 e. The lowest BCUT2D eigenvalue weighted by atomic mass is 10.0. The standard InChI is InChI=1S/C10H16O5/c1-2-3-8(11)14-5-4-10(13)6-9(12)15-7-10/h6,12-13H,2-5,7H2,1H3. The maximum atomic E-state index is 11.0. The van der Waals surface area contributed by atoms with Crippen molar-refractivity contribution in [1.29, 1.82) is 0 Å². The quantitative estimate of drug-likeness (QED) is 0.667. The predicted octanol–water partition coefficient (Wildman–Crippen LogP) is 0.880. The van der Waals surface area contributed by atoms with Crippen molar-refractivity contribution in [3.63, 3.8) is 0 Å². The molecule has 5 nitrogen and oxygen atoms in total. The van der Waals surface area contributed by atoms with Gasteiger partial charge in [-0.2, -0.15) is 0 Å². The highest BCUT2D eigenvalue weighted by Crippen LogP contribution is 2.22. The molecule has 0 amide bonds. The van der Waals surface area contributed by atoms with Gasteiger partial charge in [-0.1, -0.05) is 6.92 Å². The van der Waals surface area contributed by atoms with Gasteiger partial charge in [-0.3, -0.25) is 4.79 Å². The van der Waals surface area contributed by atoms with Crippen molar-refractivity contribution in [3.8, 4) is 0 Å². The molecule has 1 heterocycles. The van der Waals surface area contributed by atoms with Crippen LogP contribution in [0, 0.1) is 0 Å². The topological polar surface area (TPSA) is 76.0 Å². The Bertz CT molecular complexity index is 261. The van der Waals surface area contributed by atoms with Crippen molar-refractivity contribution < 1.29 is 24.5 Å². The van der Waals surface area contributed by atoms with Crippen molar-refractivity contribution in [3.05, 3.63) is 12.0 Å². The van der Waals surface area contributed by atoms with Crippen LogP contribution in [0.15, 0.2) is 12.0 Å². The van der Waals surface area contributed by atoms with Crippen molar-refractivity contribution in [2.24, 2.45) is 0 Å². The Kier molecular flexibility index (Phi) is 3.96.